The van der Waals surface area contributed by atoms with Gasteiger partial charge in [0.2, 0.25) is 15.9 Å². The van der Waals surface area contributed by atoms with Crippen LogP contribution in [0, 0.1) is 11.2 Å². The highest BCUT2D eigenvalue weighted by Gasteiger charge is 2.42. The first-order chi connectivity index (χ1) is 12.9. The normalized spacial score (nSPS) is 23.2. The molecule has 150 valence electrons. The molecule has 0 aromatic heterocycles. The van der Waals surface area contributed by atoms with Gasteiger partial charge in [0.1, 0.15) is 5.82 Å². The summed E-state index contributed by atoms with van der Waals surface area (Å²) in [6.07, 6.45) is 2.48. The highest BCUT2D eigenvalue weighted by molar-refractivity contribution is 7.89. The lowest BCUT2D eigenvalue weighted by molar-refractivity contribution is -0.148. The monoisotopic (exact) mass is 399 g/mol. The largest absolute Gasteiger partial charge is 0.381 e. The SMILES string of the molecule is NCC1(C(=O)N2CCCC(NS(=O)(=O)c3cccc(F)c3)C2)CCOCC1. The van der Waals surface area contributed by atoms with Gasteiger partial charge in [-0.15, -0.1) is 0 Å². The number of sulfonamides is 1. The summed E-state index contributed by atoms with van der Waals surface area (Å²) in [5.41, 5.74) is 5.30. The summed E-state index contributed by atoms with van der Waals surface area (Å²) in [6.45, 7) is 2.14. The molecule has 1 aromatic rings. The van der Waals surface area contributed by atoms with E-state index in [1.165, 1.54) is 18.2 Å². The average Bonchev–Trinajstić information content (AvgIpc) is 2.68. The van der Waals surface area contributed by atoms with Crippen molar-refractivity contribution in [2.24, 2.45) is 11.1 Å². The second kappa shape index (κ2) is 8.22. The Kier molecular flexibility index (Phi) is 6.15. The van der Waals surface area contributed by atoms with E-state index >= 15 is 0 Å². The average molecular weight is 399 g/mol. The van der Waals surface area contributed by atoms with E-state index in [2.05, 4.69) is 4.72 Å². The van der Waals surface area contributed by atoms with Crippen LogP contribution < -0.4 is 10.5 Å². The Hall–Kier alpha value is -1.55. The smallest absolute Gasteiger partial charge is 0.240 e. The molecule has 0 bridgehead atoms. The standard InChI is InChI=1S/C18H26FN3O4S/c19-14-3-1-5-16(11-14)27(24,25)21-15-4-2-8-22(12-15)17(23)18(13-20)6-9-26-10-7-18/h1,3,5,11,15,21H,2,4,6-10,12-13,20H2. The van der Waals surface area contributed by atoms with E-state index in [1.807, 2.05) is 0 Å². The maximum absolute atomic E-state index is 13.4. The lowest BCUT2D eigenvalue weighted by atomic mass is 9.78. The Morgan fingerprint density at radius 3 is 2.78 bits per heavy atom. The van der Waals surface area contributed by atoms with Crippen molar-refractivity contribution < 1.29 is 22.3 Å². The maximum atomic E-state index is 13.4. The molecule has 3 N–H and O–H groups in total. The number of benzene rings is 1. The number of likely N-dealkylation sites (tertiary alicyclic amines) is 1. The van der Waals surface area contributed by atoms with Gasteiger partial charge in [0, 0.05) is 38.9 Å². The van der Waals surface area contributed by atoms with Crippen molar-refractivity contribution in [2.45, 2.75) is 36.6 Å². The zero-order valence-electron chi connectivity index (χ0n) is 15.2. The van der Waals surface area contributed by atoms with Gasteiger partial charge < -0.3 is 15.4 Å². The quantitative estimate of drug-likeness (QED) is 0.764. The van der Waals surface area contributed by atoms with Gasteiger partial charge >= 0.3 is 0 Å². The molecule has 2 aliphatic rings. The van der Waals surface area contributed by atoms with E-state index in [9.17, 15) is 17.6 Å². The van der Waals surface area contributed by atoms with Crippen molar-refractivity contribution in [3.8, 4) is 0 Å². The predicted molar refractivity (Wildman–Crippen MR) is 97.9 cm³/mol. The first-order valence-corrected chi connectivity index (χ1v) is 10.7. The first-order valence-electron chi connectivity index (χ1n) is 9.21. The van der Waals surface area contributed by atoms with E-state index in [0.717, 1.165) is 6.07 Å². The fraction of sp³-hybridized carbons (Fsp3) is 0.611. The molecule has 3 rings (SSSR count). The fourth-order valence-electron chi connectivity index (χ4n) is 3.78. The minimum absolute atomic E-state index is 0.0250. The number of carbonyl (C=O) groups excluding carboxylic acids is 1. The van der Waals surface area contributed by atoms with Gasteiger partial charge in [0.15, 0.2) is 0 Å². The molecule has 7 nitrogen and oxygen atoms in total. The van der Waals surface area contributed by atoms with Crippen LogP contribution in [0.5, 0.6) is 0 Å². The summed E-state index contributed by atoms with van der Waals surface area (Å²) in [6, 6.07) is 4.48. The third-order valence-electron chi connectivity index (χ3n) is 5.43. The third kappa shape index (κ3) is 4.48. The molecule has 1 unspecified atom stereocenters. The zero-order valence-corrected chi connectivity index (χ0v) is 16.0. The number of halogens is 1. The van der Waals surface area contributed by atoms with E-state index in [4.69, 9.17) is 10.5 Å². The van der Waals surface area contributed by atoms with Gasteiger partial charge in [0.25, 0.3) is 0 Å². The number of nitrogens with one attached hydrogen (secondary N) is 1. The van der Waals surface area contributed by atoms with Gasteiger partial charge in [0.05, 0.1) is 10.3 Å². The van der Waals surface area contributed by atoms with Crippen LogP contribution in [0.2, 0.25) is 0 Å². The molecule has 1 aromatic carbocycles. The maximum Gasteiger partial charge on any atom is 0.240 e. The van der Waals surface area contributed by atoms with Crippen LogP contribution in [0.1, 0.15) is 25.7 Å². The van der Waals surface area contributed by atoms with Crippen molar-refractivity contribution in [3.63, 3.8) is 0 Å². The molecular weight excluding hydrogens is 373 g/mol. The van der Waals surface area contributed by atoms with Gasteiger partial charge in [-0.2, -0.15) is 0 Å². The highest BCUT2D eigenvalue weighted by atomic mass is 32.2. The minimum atomic E-state index is -3.85. The van der Waals surface area contributed by atoms with Crippen LogP contribution in [0.4, 0.5) is 4.39 Å². The molecule has 2 aliphatic heterocycles. The Morgan fingerprint density at radius 1 is 1.37 bits per heavy atom. The number of nitrogens with zero attached hydrogens (tertiary/aromatic N) is 1. The van der Waals surface area contributed by atoms with E-state index < -0.39 is 27.3 Å². The highest BCUT2D eigenvalue weighted by Crippen LogP contribution is 2.32. The summed E-state index contributed by atoms with van der Waals surface area (Å²) in [7, 11) is -3.85. The van der Waals surface area contributed by atoms with Crippen molar-refractivity contribution in [3.05, 3.63) is 30.1 Å². The lowest BCUT2D eigenvalue weighted by Crippen LogP contribution is -2.56. The molecule has 27 heavy (non-hydrogen) atoms. The number of piperidine rings is 1. The van der Waals surface area contributed by atoms with E-state index in [0.29, 0.717) is 45.4 Å². The molecule has 2 saturated heterocycles. The number of hydrogen-bond acceptors (Lipinski definition) is 5. The second-order valence-corrected chi connectivity index (χ2v) is 8.98. The number of hydrogen-bond donors (Lipinski definition) is 2. The molecule has 0 saturated carbocycles. The summed E-state index contributed by atoms with van der Waals surface area (Å²) in [4.78, 5) is 14.7. The number of carbonyl (C=O) groups is 1. The molecule has 0 aliphatic carbocycles. The number of ether oxygens (including phenoxy) is 1. The Morgan fingerprint density at radius 2 is 2.11 bits per heavy atom. The van der Waals surface area contributed by atoms with E-state index in [1.54, 1.807) is 4.90 Å². The third-order valence-corrected chi connectivity index (χ3v) is 6.95. The summed E-state index contributed by atoms with van der Waals surface area (Å²) >= 11 is 0. The lowest BCUT2D eigenvalue weighted by Gasteiger charge is -2.41. The molecule has 2 fully saturated rings. The molecule has 2 heterocycles. The van der Waals surface area contributed by atoms with Crippen LogP contribution in [0.25, 0.3) is 0 Å². The number of nitrogens with two attached hydrogens (primary N) is 1. The molecule has 9 heteroatoms. The topological polar surface area (TPSA) is 102 Å². The fourth-order valence-corrected chi connectivity index (χ4v) is 5.08. The van der Waals surface area contributed by atoms with Gasteiger partial charge in [-0.05, 0) is 43.9 Å². The Bertz CT molecular complexity index is 781. The molecular formula is C18H26FN3O4S. The first kappa shape index (κ1) is 20.2. The van der Waals surface area contributed by atoms with Crippen molar-refractivity contribution in [1.82, 2.24) is 9.62 Å². The van der Waals surface area contributed by atoms with Crippen LogP contribution in [-0.2, 0) is 19.6 Å². The van der Waals surface area contributed by atoms with Crippen molar-refractivity contribution >= 4 is 15.9 Å². The predicted octanol–water partition coefficient (Wildman–Crippen LogP) is 0.850. The molecule has 0 spiro atoms. The van der Waals surface area contributed by atoms with Gasteiger partial charge in [-0.1, -0.05) is 6.07 Å². The van der Waals surface area contributed by atoms with Crippen LogP contribution in [0.15, 0.2) is 29.2 Å². The van der Waals surface area contributed by atoms with Crippen molar-refractivity contribution in [2.75, 3.05) is 32.8 Å². The van der Waals surface area contributed by atoms with Gasteiger partial charge in [-0.3, -0.25) is 4.79 Å². The zero-order chi connectivity index (χ0) is 19.5. The van der Waals surface area contributed by atoms with Crippen LogP contribution in [-0.4, -0.2) is 58.1 Å². The summed E-state index contributed by atoms with van der Waals surface area (Å²) in [5.74, 6) is -0.634. The van der Waals surface area contributed by atoms with E-state index in [-0.39, 0.29) is 23.9 Å². The summed E-state index contributed by atoms with van der Waals surface area (Å²) < 4.78 is 46.4. The molecule has 1 amide bonds. The number of rotatable bonds is 5. The van der Waals surface area contributed by atoms with Crippen LogP contribution >= 0.6 is 0 Å². The number of amides is 1. The van der Waals surface area contributed by atoms with Crippen molar-refractivity contribution in [1.29, 1.82) is 0 Å². The summed E-state index contributed by atoms with van der Waals surface area (Å²) in [5, 5.41) is 0. The molecule has 0 radical (unpaired) electrons. The van der Waals surface area contributed by atoms with Gasteiger partial charge in [-0.25, -0.2) is 17.5 Å². The second-order valence-electron chi connectivity index (χ2n) is 7.27. The Labute approximate surface area is 159 Å². The Balaban J connectivity index is 1.69. The molecule has 1 atom stereocenters. The van der Waals surface area contributed by atoms with Crippen LogP contribution in [0.3, 0.4) is 0 Å². The minimum Gasteiger partial charge on any atom is -0.381 e.